The van der Waals surface area contributed by atoms with Crippen LogP contribution in [-0.4, -0.2) is 34.5 Å². The Balaban J connectivity index is 2.05. The number of benzene rings is 1. The predicted octanol–water partition coefficient (Wildman–Crippen LogP) is 1.27. The van der Waals surface area contributed by atoms with Crippen molar-refractivity contribution in [3.63, 3.8) is 0 Å². The molecule has 5 nitrogen and oxygen atoms in total. The van der Waals surface area contributed by atoms with Crippen molar-refractivity contribution in [1.29, 1.82) is 0 Å². The molecule has 1 heterocycles. The molecule has 0 saturated carbocycles. The third kappa shape index (κ3) is 2.45. The van der Waals surface area contributed by atoms with Crippen LogP contribution in [0.15, 0.2) is 24.3 Å². The van der Waals surface area contributed by atoms with Gasteiger partial charge in [0.2, 0.25) is 0 Å². The van der Waals surface area contributed by atoms with Crippen LogP contribution in [0, 0.1) is 0 Å². The average Bonchev–Trinajstić information content (AvgIpc) is 2.60. The molecule has 1 aromatic rings. The van der Waals surface area contributed by atoms with E-state index in [1.807, 2.05) is 6.92 Å². The van der Waals surface area contributed by atoms with Gasteiger partial charge in [0.1, 0.15) is 11.8 Å². The molecule has 0 spiro atoms. The van der Waals surface area contributed by atoms with Crippen LogP contribution in [0.4, 0.5) is 4.79 Å². The first-order chi connectivity index (χ1) is 8.61. The number of carbonyl (C=O) groups is 2. The Labute approximate surface area is 105 Å². The van der Waals surface area contributed by atoms with Gasteiger partial charge in [0, 0.05) is 13.0 Å². The molecule has 5 heteroatoms. The minimum absolute atomic E-state index is 0.171. The van der Waals surface area contributed by atoms with E-state index in [0.29, 0.717) is 13.0 Å². The fourth-order valence-corrected chi connectivity index (χ4v) is 2.02. The average molecular weight is 248 g/mol. The molecule has 1 aromatic carbocycles. The van der Waals surface area contributed by atoms with Crippen molar-refractivity contribution in [1.82, 2.24) is 10.2 Å². The zero-order valence-electron chi connectivity index (χ0n) is 10.2. The van der Waals surface area contributed by atoms with Crippen LogP contribution in [-0.2, 0) is 11.2 Å². The summed E-state index contributed by atoms with van der Waals surface area (Å²) >= 11 is 0. The van der Waals surface area contributed by atoms with Crippen LogP contribution in [0.5, 0.6) is 5.75 Å². The number of rotatable bonds is 4. The summed E-state index contributed by atoms with van der Waals surface area (Å²) in [6.45, 7) is 2.38. The second-order valence-corrected chi connectivity index (χ2v) is 4.36. The summed E-state index contributed by atoms with van der Waals surface area (Å²) in [5, 5.41) is 11.9. The summed E-state index contributed by atoms with van der Waals surface area (Å²) in [4.78, 5) is 24.8. The van der Waals surface area contributed by atoms with E-state index < -0.39 is 6.04 Å². The second-order valence-electron chi connectivity index (χ2n) is 4.36. The third-order valence-electron chi connectivity index (χ3n) is 2.93. The lowest BCUT2D eigenvalue weighted by atomic mass is 10.1. The van der Waals surface area contributed by atoms with Crippen LogP contribution >= 0.6 is 0 Å². The summed E-state index contributed by atoms with van der Waals surface area (Å²) in [5.74, 6) is 0.0167. The first kappa shape index (κ1) is 12.4. The van der Waals surface area contributed by atoms with Crippen molar-refractivity contribution in [2.75, 3.05) is 6.54 Å². The van der Waals surface area contributed by atoms with Gasteiger partial charge in [-0.05, 0) is 24.1 Å². The van der Waals surface area contributed by atoms with Gasteiger partial charge >= 0.3 is 6.03 Å². The Morgan fingerprint density at radius 2 is 1.94 bits per heavy atom. The molecular weight excluding hydrogens is 232 g/mol. The van der Waals surface area contributed by atoms with Gasteiger partial charge in [-0.2, -0.15) is 0 Å². The normalized spacial score (nSPS) is 19.2. The lowest BCUT2D eigenvalue weighted by Crippen LogP contribution is -2.32. The van der Waals surface area contributed by atoms with Crippen molar-refractivity contribution >= 4 is 11.9 Å². The highest BCUT2D eigenvalue weighted by atomic mass is 16.3. The number of phenols is 1. The Morgan fingerprint density at radius 1 is 1.28 bits per heavy atom. The molecule has 2 rings (SSSR count). The number of hydrogen-bond acceptors (Lipinski definition) is 3. The molecule has 0 bridgehead atoms. The van der Waals surface area contributed by atoms with Crippen molar-refractivity contribution in [2.45, 2.75) is 25.8 Å². The third-order valence-corrected chi connectivity index (χ3v) is 2.93. The quantitative estimate of drug-likeness (QED) is 0.788. The number of imide groups is 1. The molecular formula is C13H16N2O3. The lowest BCUT2D eigenvalue weighted by molar-refractivity contribution is -0.127. The summed E-state index contributed by atoms with van der Waals surface area (Å²) in [6.07, 6.45) is 1.20. The monoisotopic (exact) mass is 248 g/mol. The van der Waals surface area contributed by atoms with Crippen LogP contribution < -0.4 is 5.32 Å². The number of urea groups is 1. The highest BCUT2D eigenvalue weighted by Crippen LogP contribution is 2.15. The lowest BCUT2D eigenvalue weighted by Gasteiger charge is -2.11. The molecule has 1 saturated heterocycles. The number of hydrogen-bond donors (Lipinski definition) is 2. The van der Waals surface area contributed by atoms with Crippen molar-refractivity contribution in [2.24, 2.45) is 0 Å². The topological polar surface area (TPSA) is 69.6 Å². The van der Waals surface area contributed by atoms with Gasteiger partial charge in [-0.15, -0.1) is 0 Å². The molecule has 1 fully saturated rings. The van der Waals surface area contributed by atoms with Gasteiger partial charge in [0.15, 0.2) is 0 Å². The number of nitrogens with one attached hydrogen (secondary N) is 1. The number of aromatic hydroxyl groups is 1. The van der Waals surface area contributed by atoms with Crippen molar-refractivity contribution in [3.05, 3.63) is 29.8 Å². The van der Waals surface area contributed by atoms with E-state index in [2.05, 4.69) is 5.32 Å². The molecule has 0 unspecified atom stereocenters. The number of phenolic OH excluding ortho intramolecular Hbond substituents is 1. The maximum Gasteiger partial charge on any atom is 0.324 e. The second kappa shape index (κ2) is 5.08. The van der Waals surface area contributed by atoms with E-state index >= 15 is 0 Å². The highest BCUT2D eigenvalue weighted by Gasteiger charge is 2.36. The van der Waals surface area contributed by atoms with Crippen LogP contribution in [0.25, 0.3) is 0 Å². The van der Waals surface area contributed by atoms with E-state index in [1.165, 1.54) is 4.90 Å². The molecule has 1 aliphatic heterocycles. The van der Waals surface area contributed by atoms with Gasteiger partial charge < -0.3 is 10.4 Å². The van der Waals surface area contributed by atoms with Gasteiger partial charge in [0.05, 0.1) is 0 Å². The minimum atomic E-state index is -0.492. The molecule has 0 aliphatic carbocycles. The number of amides is 3. The maximum absolute atomic E-state index is 12.0. The Kier molecular flexibility index (Phi) is 3.50. The first-order valence-corrected chi connectivity index (χ1v) is 6.01. The zero-order valence-corrected chi connectivity index (χ0v) is 10.2. The summed E-state index contributed by atoms with van der Waals surface area (Å²) < 4.78 is 0. The van der Waals surface area contributed by atoms with Crippen LogP contribution in [0.2, 0.25) is 0 Å². The van der Waals surface area contributed by atoms with Crippen LogP contribution in [0.3, 0.4) is 0 Å². The van der Waals surface area contributed by atoms with Gasteiger partial charge in [0.25, 0.3) is 5.91 Å². The summed E-state index contributed by atoms with van der Waals surface area (Å²) in [7, 11) is 0. The smallest absolute Gasteiger partial charge is 0.324 e. The van der Waals surface area contributed by atoms with E-state index in [0.717, 1.165) is 12.0 Å². The molecule has 18 heavy (non-hydrogen) atoms. The fourth-order valence-electron chi connectivity index (χ4n) is 2.02. The fraction of sp³-hybridized carbons (Fsp3) is 0.385. The SMILES string of the molecule is CCCN1C(=O)N[C@@H](Cc2ccc(O)cc2)C1=O. The largest absolute Gasteiger partial charge is 0.508 e. The molecule has 3 amide bonds. The highest BCUT2D eigenvalue weighted by molar-refractivity contribution is 6.04. The molecule has 96 valence electrons. The van der Waals surface area contributed by atoms with E-state index in [1.54, 1.807) is 24.3 Å². The standard InChI is InChI=1S/C13H16N2O3/c1-2-7-15-12(17)11(14-13(15)18)8-9-3-5-10(16)6-4-9/h3-6,11,16H,2,7-8H2,1H3,(H,14,18)/t11-/m0/s1. The van der Waals surface area contributed by atoms with E-state index in [4.69, 9.17) is 0 Å². The first-order valence-electron chi connectivity index (χ1n) is 6.01. The Morgan fingerprint density at radius 3 is 2.56 bits per heavy atom. The summed E-state index contributed by atoms with van der Waals surface area (Å²) in [6, 6.07) is 5.83. The molecule has 0 radical (unpaired) electrons. The molecule has 1 aliphatic rings. The number of nitrogens with zero attached hydrogens (tertiary/aromatic N) is 1. The Bertz CT molecular complexity index is 456. The zero-order chi connectivity index (χ0) is 13.1. The molecule has 0 aromatic heterocycles. The van der Waals surface area contributed by atoms with Gasteiger partial charge in [-0.1, -0.05) is 19.1 Å². The molecule has 1 atom stereocenters. The van der Waals surface area contributed by atoms with Crippen LogP contribution in [0.1, 0.15) is 18.9 Å². The van der Waals surface area contributed by atoms with Gasteiger partial charge in [-0.25, -0.2) is 4.79 Å². The molecule has 2 N–H and O–H groups in total. The van der Waals surface area contributed by atoms with E-state index in [9.17, 15) is 14.7 Å². The number of carbonyl (C=O) groups excluding carboxylic acids is 2. The maximum atomic E-state index is 12.0. The Hall–Kier alpha value is -2.04. The van der Waals surface area contributed by atoms with E-state index in [-0.39, 0.29) is 17.7 Å². The van der Waals surface area contributed by atoms with Crippen molar-refractivity contribution in [3.8, 4) is 5.75 Å². The minimum Gasteiger partial charge on any atom is -0.508 e. The van der Waals surface area contributed by atoms with Crippen molar-refractivity contribution < 1.29 is 14.7 Å². The predicted molar refractivity (Wildman–Crippen MR) is 66.1 cm³/mol. The van der Waals surface area contributed by atoms with Gasteiger partial charge in [-0.3, -0.25) is 9.69 Å². The summed E-state index contributed by atoms with van der Waals surface area (Å²) in [5.41, 5.74) is 0.907.